The van der Waals surface area contributed by atoms with Crippen molar-refractivity contribution in [3.63, 3.8) is 0 Å². The highest BCUT2D eigenvalue weighted by Crippen LogP contribution is 2.26. The van der Waals surface area contributed by atoms with Crippen LogP contribution >= 0.6 is 0 Å². The van der Waals surface area contributed by atoms with Gasteiger partial charge in [-0.2, -0.15) is 4.98 Å². The topological polar surface area (TPSA) is 63.4 Å². The molecule has 0 aliphatic carbocycles. The number of hydrogen-bond donors (Lipinski definition) is 0. The number of anilines is 1. The molecule has 2 aromatic rings. The van der Waals surface area contributed by atoms with E-state index in [1.165, 1.54) is 0 Å². The van der Waals surface area contributed by atoms with Crippen LogP contribution in [0.25, 0.3) is 11.1 Å². The van der Waals surface area contributed by atoms with E-state index >= 15 is 0 Å². The molecule has 0 spiro atoms. The number of amides is 2. The first-order valence-corrected chi connectivity index (χ1v) is 5.38. The highest BCUT2D eigenvalue weighted by molar-refractivity contribution is 6.18. The van der Waals surface area contributed by atoms with Gasteiger partial charge in [0.05, 0.1) is 0 Å². The van der Waals surface area contributed by atoms with Gasteiger partial charge in [0.2, 0.25) is 11.8 Å². The van der Waals surface area contributed by atoms with Crippen molar-refractivity contribution < 1.29 is 14.0 Å². The van der Waals surface area contributed by atoms with Gasteiger partial charge in [-0.3, -0.25) is 9.59 Å². The first kappa shape index (κ1) is 10.0. The van der Waals surface area contributed by atoms with Crippen LogP contribution in [0.15, 0.2) is 22.6 Å². The largest absolute Gasteiger partial charge is 0.423 e. The Morgan fingerprint density at radius 2 is 1.94 bits per heavy atom. The molecule has 2 amide bonds. The predicted molar refractivity (Wildman–Crippen MR) is 60.5 cm³/mol. The molecule has 0 bridgehead atoms. The number of fused-ring (bicyclic) bond motifs is 1. The fourth-order valence-corrected chi connectivity index (χ4v) is 1.91. The minimum atomic E-state index is -0.252. The smallest absolute Gasteiger partial charge is 0.312 e. The lowest BCUT2D eigenvalue weighted by Gasteiger charge is -2.06. The van der Waals surface area contributed by atoms with E-state index in [1.54, 1.807) is 6.07 Å². The summed E-state index contributed by atoms with van der Waals surface area (Å²) in [6, 6.07) is 5.61. The van der Waals surface area contributed by atoms with Gasteiger partial charge in [-0.05, 0) is 24.6 Å². The zero-order valence-corrected chi connectivity index (χ0v) is 9.27. The van der Waals surface area contributed by atoms with Crippen LogP contribution in [0.5, 0.6) is 0 Å². The van der Waals surface area contributed by atoms with Crippen molar-refractivity contribution in [2.75, 3.05) is 4.90 Å². The van der Waals surface area contributed by atoms with E-state index in [4.69, 9.17) is 4.42 Å². The Kier molecular flexibility index (Phi) is 2.01. The van der Waals surface area contributed by atoms with Gasteiger partial charge in [-0.1, -0.05) is 6.07 Å². The fraction of sp³-hybridized carbons (Fsp3) is 0.250. The van der Waals surface area contributed by atoms with Crippen LogP contribution < -0.4 is 4.90 Å². The van der Waals surface area contributed by atoms with Gasteiger partial charge in [0, 0.05) is 12.8 Å². The molecule has 2 heterocycles. The molecule has 5 heteroatoms. The summed E-state index contributed by atoms with van der Waals surface area (Å²) in [6.45, 7) is 1.94. The summed E-state index contributed by atoms with van der Waals surface area (Å²) in [5.41, 5.74) is 2.29. The van der Waals surface area contributed by atoms with Crippen molar-refractivity contribution >= 4 is 28.9 Å². The van der Waals surface area contributed by atoms with E-state index in [9.17, 15) is 9.59 Å². The van der Waals surface area contributed by atoms with Gasteiger partial charge in [0.25, 0.3) is 0 Å². The number of aromatic nitrogens is 1. The van der Waals surface area contributed by atoms with E-state index in [-0.39, 0.29) is 30.7 Å². The van der Waals surface area contributed by atoms with Crippen molar-refractivity contribution in [1.29, 1.82) is 0 Å². The molecule has 1 aliphatic rings. The molecule has 1 aromatic heterocycles. The number of oxazole rings is 1. The summed E-state index contributed by atoms with van der Waals surface area (Å²) in [5, 5.41) is 0. The minimum Gasteiger partial charge on any atom is -0.423 e. The summed E-state index contributed by atoms with van der Waals surface area (Å²) in [6.07, 6.45) is 0.465. The van der Waals surface area contributed by atoms with Crippen molar-refractivity contribution in [1.82, 2.24) is 4.98 Å². The quantitative estimate of drug-likeness (QED) is 0.700. The lowest BCUT2D eigenvalue weighted by atomic mass is 10.2. The number of imide groups is 1. The van der Waals surface area contributed by atoms with Crippen LogP contribution in [-0.2, 0) is 9.59 Å². The summed E-state index contributed by atoms with van der Waals surface area (Å²) < 4.78 is 5.42. The van der Waals surface area contributed by atoms with Crippen LogP contribution in [0, 0.1) is 6.92 Å². The lowest BCUT2D eigenvalue weighted by molar-refractivity contribution is -0.121. The standard InChI is InChI=1S/C12H10N2O3/c1-7-2-3-9-8(6-7)13-12(17-9)14-10(15)4-5-11(14)16/h2-3,6H,4-5H2,1H3. The third-order valence-corrected chi connectivity index (χ3v) is 2.77. The molecule has 0 saturated carbocycles. The van der Waals surface area contributed by atoms with E-state index in [1.807, 2.05) is 19.1 Å². The van der Waals surface area contributed by atoms with E-state index < -0.39 is 0 Å². The summed E-state index contributed by atoms with van der Waals surface area (Å²) in [4.78, 5) is 28.3. The van der Waals surface area contributed by atoms with Crippen LogP contribution in [0.4, 0.5) is 6.01 Å². The molecule has 0 radical (unpaired) electrons. The fourth-order valence-electron chi connectivity index (χ4n) is 1.91. The maximum absolute atomic E-state index is 11.5. The molecule has 5 nitrogen and oxygen atoms in total. The van der Waals surface area contributed by atoms with Gasteiger partial charge in [0.15, 0.2) is 5.58 Å². The second kappa shape index (κ2) is 3.41. The third kappa shape index (κ3) is 1.51. The van der Waals surface area contributed by atoms with Gasteiger partial charge >= 0.3 is 6.01 Å². The Labute approximate surface area is 97.0 Å². The monoisotopic (exact) mass is 230 g/mol. The molecule has 1 saturated heterocycles. The summed E-state index contributed by atoms with van der Waals surface area (Å²) in [5.74, 6) is -0.503. The van der Waals surface area contributed by atoms with Crippen LogP contribution in [0.3, 0.4) is 0 Å². The maximum atomic E-state index is 11.5. The van der Waals surface area contributed by atoms with Gasteiger partial charge in [-0.25, -0.2) is 4.90 Å². The van der Waals surface area contributed by atoms with Crippen LogP contribution in [0.2, 0.25) is 0 Å². The highest BCUT2D eigenvalue weighted by atomic mass is 16.4. The second-order valence-corrected chi connectivity index (χ2v) is 4.09. The number of nitrogens with zero attached hydrogens (tertiary/aromatic N) is 2. The first-order chi connectivity index (χ1) is 8.15. The van der Waals surface area contributed by atoms with Gasteiger partial charge in [-0.15, -0.1) is 0 Å². The zero-order valence-electron chi connectivity index (χ0n) is 9.27. The Balaban J connectivity index is 2.12. The Bertz CT molecular complexity index is 614. The first-order valence-electron chi connectivity index (χ1n) is 5.38. The molecule has 1 aliphatic heterocycles. The number of aryl methyl sites for hydroxylation is 1. The highest BCUT2D eigenvalue weighted by Gasteiger charge is 2.33. The Morgan fingerprint density at radius 1 is 1.24 bits per heavy atom. The molecule has 0 atom stereocenters. The molecule has 0 N–H and O–H groups in total. The zero-order chi connectivity index (χ0) is 12.0. The molecule has 1 aromatic carbocycles. The average molecular weight is 230 g/mol. The lowest BCUT2D eigenvalue weighted by Crippen LogP contribution is -2.28. The molecule has 3 rings (SSSR count). The number of rotatable bonds is 1. The molecule has 1 fully saturated rings. The Hall–Kier alpha value is -2.17. The third-order valence-electron chi connectivity index (χ3n) is 2.77. The summed E-state index contributed by atoms with van der Waals surface area (Å²) in [7, 11) is 0. The van der Waals surface area contributed by atoms with Crippen LogP contribution in [0.1, 0.15) is 18.4 Å². The van der Waals surface area contributed by atoms with Gasteiger partial charge < -0.3 is 4.42 Å². The molecule has 0 unspecified atom stereocenters. The van der Waals surface area contributed by atoms with Crippen molar-refractivity contribution in [3.05, 3.63) is 23.8 Å². The Morgan fingerprint density at radius 3 is 2.65 bits per heavy atom. The maximum Gasteiger partial charge on any atom is 0.312 e. The molecule has 86 valence electrons. The van der Waals surface area contributed by atoms with Crippen molar-refractivity contribution in [2.45, 2.75) is 19.8 Å². The van der Waals surface area contributed by atoms with Crippen molar-refractivity contribution in [3.8, 4) is 0 Å². The average Bonchev–Trinajstić information content (AvgIpc) is 2.81. The normalized spacial score (nSPS) is 16.2. The molecule has 17 heavy (non-hydrogen) atoms. The summed E-state index contributed by atoms with van der Waals surface area (Å²) >= 11 is 0. The second-order valence-electron chi connectivity index (χ2n) is 4.09. The molecular formula is C12H10N2O3. The van der Waals surface area contributed by atoms with E-state index in [0.717, 1.165) is 10.5 Å². The van der Waals surface area contributed by atoms with Crippen LogP contribution in [-0.4, -0.2) is 16.8 Å². The van der Waals surface area contributed by atoms with Gasteiger partial charge in [0.1, 0.15) is 5.52 Å². The number of hydrogen-bond acceptors (Lipinski definition) is 4. The number of carbonyl (C=O) groups excluding carboxylic acids is 2. The van der Waals surface area contributed by atoms with E-state index in [0.29, 0.717) is 11.1 Å². The van der Waals surface area contributed by atoms with E-state index in [2.05, 4.69) is 4.98 Å². The number of carbonyl (C=O) groups is 2. The van der Waals surface area contributed by atoms with Crippen molar-refractivity contribution in [2.24, 2.45) is 0 Å². The SMILES string of the molecule is Cc1ccc2oc(N3C(=O)CCC3=O)nc2c1. The minimum absolute atomic E-state index is 0.0816. The predicted octanol–water partition coefficient (Wildman–Crippen LogP) is 1.79. The molecular weight excluding hydrogens is 220 g/mol. The number of benzene rings is 1.